The van der Waals surface area contributed by atoms with Crippen LogP contribution >= 0.6 is 0 Å². The summed E-state index contributed by atoms with van der Waals surface area (Å²) in [6, 6.07) is 0. The standard InChI is InChI=1S/C44H76O6/c1-4-7-10-13-16-19-21-23-25-28-31-34-37-43(46)49-40-41(39-48-42(45)36-33-30-27-24-18-15-12-9-6-3)50-44(47)38-35-32-29-26-22-20-17-14-11-8-5-2/h9,12,14,17-18,20,22,24,41H,4-8,10-11,13,15-16,19,21,23,25-40H2,1-3H3/b12-9-,17-14-,22-20-,24-18-. The van der Waals surface area contributed by atoms with Gasteiger partial charge in [-0.2, -0.15) is 0 Å². The van der Waals surface area contributed by atoms with Gasteiger partial charge >= 0.3 is 17.9 Å². The Morgan fingerprint density at radius 1 is 0.440 bits per heavy atom. The van der Waals surface area contributed by atoms with Crippen molar-refractivity contribution in [3.8, 4) is 0 Å². The van der Waals surface area contributed by atoms with Crippen molar-refractivity contribution >= 4 is 17.9 Å². The first-order valence-corrected chi connectivity index (χ1v) is 20.7. The molecule has 0 fully saturated rings. The molecule has 0 bridgehead atoms. The van der Waals surface area contributed by atoms with Crippen molar-refractivity contribution in [2.75, 3.05) is 13.2 Å². The molecular formula is C44H76O6. The van der Waals surface area contributed by atoms with E-state index in [0.717, 1.165) is 83.5 Å². The molecule has 0 saturated heterocycles. The molecule has 0 rings (SSSR count). The molecular weight excluding hydrogens is 624 g/mol. The third-order valence-corrected chi connectivity index (χ3v) is 8.60. The Hall–Kier alpha value is -2.63. The lowest BCUT2D eigenvalue weighted by Gasteiger charge is -2.18. The van der Waals surface area contributed by atoms with Gasteiger partial charge in [-0.15, -0.1) is 0 Å². The number of carbonyl (C=O) groups excluding carboxylic acids is 3. The van der Waals surface area contributed by atoms with Crippen LogP contribution in [0.15, 0.2) is 48.6 Å². The monoisotopic (exact) mass is 701 g/mol. The zero-order valence-corrected chi connectivity index (χ0v) is 32.7. The van der Waals surface area contributed by atoms with Gasteiger partial charge in [0.2, 0.25) is 0 Å². The molecule has 50 heavy (non-hydrogen) atoms. The van der Waals surface area contributed by atoms with Crippen LogP contribution in [-0.4, -0.2) is 37.2 Å². The van der Waals surface area contributed by atoms with Crippen molar-refractivity contribution in [1.29, 1.82) is 0 Å². The van der Waals surface area contributed by atoms with Gasteiger partial charge in [0.15, 0.2) is 6.10 Å². The third kappa shape index (κ3) is 36.6. The highest BCUT2D eigenvalue weighted by Crippen LogP contribution is 2.13. The first-order chi connectivity index (χ1) is 24.5. The van der Waals surface area contributed by atoms with E-state index in [0.29, 0.717) is 19.3 Å². The quantitative estimate of drug-likeness (QED) is 0.0213. The second-order valence-corrected chi connectivity index (χ2v) is 13.5. The Bertz CT molecular complexity index is 902. The van der Waals surface area contributed by atoms with E-state index in [1.807, 2.05) is 0 Å². The molecule has 0 aliphatic heterocycles. The molecule has 1 unspecified atom stereocenters. The Balaban J connectivity index is 4.44. The minimum absolute atomic E-state index is 0.0933. The van der Waals surface area contributed by atoms with Crippen molar-refractivity contribution in [2.45, 2.75) is 200 Å². The average Bonchev–Trinajstić information content (AvgIpc) is 3.11. The van der Waals surface area contributed by atoms with Crippen molar-refractivity contribution in [3.05, 3.63) is 48.6 Å². The average molecular weight is 701 g/mol. The zero-order chi connectivity index (χ0) is 36.6. The summed E-state index contributed by atoms with van der Waals surface area (Å²) in [7, 11) is 0. The fourth-order valence-electron chi connectivity index (χ4n) is 5.45. The minimum atomic E-state index is -0.793. The molecule has 0 N–H and O–H groups in total. The summed E-state index contributed by atoms with van der Waals surface area (Å²) in [5.41, 5.74) is 0. The molecule has 1 atom stereocenters. The van der Waals surface area contributed by atoms with Gasteiger partial charge in [-0.3, -0.25) is 14.4 Å². The number of hydrogen-bond acceptors (Lipinski definition) is 6. The number of hydrogen-bond donors (Lipinski definition) is 0. The zero-order valence-electron chi connectivity index (χ0n) is 32.7. The topological polar surface area (TPSA) is 78.9 Å². The van der Waals surface area contributed by atoms with Gasteiger partial charge in [-0.1, -0.05) is 159 Å². The lowest BCUT2D eigenvalue weighted by Crippen LogP contribution is -2.30. The first-order valence-electron chi connectivity index (χ1n) is 20.7. The highest BCUT2D eigenvalue weighted by molar-refractivity contribution is 5.71. The summed E-state index contributed by atoms with van der Waals surface area (Å²) in [4.78, 5) is 37.5. The van der Waals surface area contributed by atoms with Crippen LogP contribution in [0.3, 0.4) is 0 Å². The SMILES string of the molecule is CC/C=C\C/C=C\CCCCC(=O)OCC(COC(=O)CCCCCCCCCCCCCC)OC(=O)CCCCC/C=C\C=C/CCCC. The smallest absolute Gasteiger partial charge is 0.306 e. The highest BCUT2D eigenvalue weighted by Gasteiger charge is 2.19. The Kier molecular flexibility index (Phi) is 37.1. The molecule has 6 nitrogen and oxygen atoms in total. The van der Waals surface area contributed by atoms with Crippen LogP contribution in [0.2, 0.25) is 0 Å². The molecule has 0 amide bonds. The molecule has 0 aromatic rings. The van der Waals surface area contributed by atoms with Crippen LogP contribution in [-0.2, 0) is 28.6 Å². The molecule has 0 aliphatic carbocycles. The fourth-order valence-corrected chi connectivity index (χ4v) is 5.45. The third-order valence-electron chi connectivity index (χ3n) is 8.60. The lowest BCUT2D eigenvalue weighted by molar-refractivity contribution is -0.167. The van der Waals surface area contributed by atoms with Gasteiger partial charge in [-0.25, -0.2) is 0 Å². The molecule has 288 valence electrons. The summed E-state index contributed by atoms with van der Waals surface area (Å²) in [6.07, 6.45) is 43.9. The van der Waals surface area contributed by atoms with E-state index < -0.39 is 6.10 Å². The molecule has 0 aliphatic rings. The van der Waals surface area contributed by atoms with E-state index in [-0.39, 0.29) is 31.1 Å². The maximum absolute atomic E-state index is 12.6. The van der Waals surface area contributed by atoms with E-state index >= 15 is 0 Å². The number of rotatable bonds is 36. The van der Waals surface area contributed by atoms with E-state index in [1.165, 1.54) is 70.6 Å². The van der Waals surface area contributed by atoms with E-state index in [2.05, 4.69) is 69.4 Å². The van der Waals surface area contributed by atoms with Crippen LogP contribution in [0.5, 0.6) is 0 Å². The molecule has 0 aromatic carbocycles. The summed E-state index contributed by atoms with van der Waals surface area (Å²) >= 11 is 0. The second kappa shape index (κ2) is 39.2. The molecule has 0 heterocycles. The summed E-state index contributed by atoms with van der Waals surface area (Å²) in [5.74, 6) is -0.967. The van der Waals surface area contributed by atoms with E-state index in [1.54, 1.807) is 0 Å². The minimum Gasteiger partial charge on any atom is -0.462 e. The van der Waals surface area contributed by atoms with Crippen molar-refractivity contribution in [3.63, 3.8) is 0 Å². The van der Waals surface area contributed by atoms with Crippen LogP contribution in [0.1, 0.15) is 194 Å². The van der Waals surface area contributed by atoms with Crippen molar-refractivity contribution in [2.24, 2.45) is 0 Å². The molecule has 6 heteroatoms. The van der Waals surface area contributed by atoms with Crippen LogP contribution in [0.4, 0.5) is 0 Å². The van der Waals surface area contributed by atoms with E-state index in [4.69, 9.17) is 14.2 Å². The van der Waals surface area contributed by atoms with Crippen LogP contribution in [0, 0.1) is 0 Å². The predicted octanol–water partition coefficient (Wildman–Crippen LogP) is 12.8. The predicted molar refractivity (Wildman–Crippen MR) is 210 cm³/mol. The first kappa shape index (κ1) is 47.4. The fraction of sp³-hybridized carbons (Fsp3) is 0.750. The highest BCUT2D eigenvalue weighted by atomic mass is 16.6. The van der Waals surface area contributed by atoms with Gasteiger partial charge in [0.25, 0.3) is 0 Å². The molecule has 0 radical (unpaired) electrons. The maximum atomic E-state index is 12.6. The largest absolute Gasteiger partial charge is 0.462 e. The van der Waals surface area contributed by atoms with E-state index in [9.17, 15) is 14.4 Å². The normalized spacial score (nSPS) is 12.5. The summed E-state index contributed by atoms with van der Waals surface area (Å²) < 4.78 is 16.6. The molecule has 0 aromatic heterocycles. The number of ether oxygens (including phenoxy) is 3. The number of carbonyl (C=O) groups is 3. The number of allylic oxidation sites excluding steroid dienone is 8. The van der Waals surface area contributed by atoms with Crippen molar-refractivity contribution < 1.29 is 28.6 Å². The summed E-state index contributed by atoms with van der Waals surface area (Å²) in [6.45, 7) is 6.38. The molecule has 0 saturated carbocycles. The number of esters is 3. The van der Waals surface area contributed by atoms with Crippen molar-refractivity contribution in [1.82, 2.24) is 0 Å². The van der Waals surface area contributed by atoms with Gasteiger partial charge in [0.1, 0.15) is 13.2 Å². The second-order valence-electron chi connectivity index (χ2n) is 13.5. The lowest BCUT2D eigenvalue weighted by atomic mass is 10.0. The van der Waals surface area contributed by atoms with Gasteiger partial charge in [0, 0.05) is 19.3 Å². The van der Waals surface area contributed by atoms with Crippen LogP contribution < -0.4 is 0 Å². The van der Waals surface area contributed by atoms with Gasteiger partial charge in [-0.05, 0) is 64.2 Å². The van der Waals surface area contributed by atoms with Gasteiger partial charge < -0.3 is 14.2 Å². The maximum Gasteiger partial charge on any atom is 0.306 e. The Morgan fingerprint density at radius 3 is 1.42 bits per heavy atom. The molecule has 0 spiro atoms. The van der Waals surface area contributed by atoms with Crippen LogP contribution in [0.25, 0.3) is 0 Å². The Labute approximate surface area is 307 Å². The van der Waals surface area contributed by atoms with Gasteiger partial charge in [0.05, 0.1) is 0 Å². The summed E-state index contributed by atoms with van der Waals surface area (Å²) in [5, 5.41) is 0. The number of unbranched alkanes of at least 4 members (excludes halogenated alkanes) is 18. The Morgan fingerprint density at radius 2 is 0.860 bits per heavy atom.